The Kier molecular flexibility index (Phi) is 7.95. The highest BCUT2D eigenvalue weighted by Crippen LogP contribution is 2.46. The third-order valence-electron chi connectivity index (χ3n) is 7.41. The summed E-state index contributed by atoms with van der Waals surface area (Å²) in [5, 5.41) is 93.1. The zero-order chi connectivity index (χ0) is 29.7. The predicted octanol–water partition coefficient (Wildman–Crippen LogP) is -1.06. The molecule has 0 radical (unpaired) electrons. The summed E-state index contributed by atoms with van der Waals surface area (Å²) >= 11 is 0. The largest absolute Gasteiger partial charge is 0.508 e. The minimum absolute atomic E-state index is 0.0131. The number of fused-ring (bicyclic) bond motifs is 1. The van der Waals surface area contributed by atoms with Crippen molar-refractivity contribution in [3.05, 3.63) is 52.2 Å². The molecule has 0 amide bonds. The number of hydrogen-bond donors (Lipinski definition) is 9. The van der Waals surface area contributed by atoms with Crippen molar-refractivity contribution in [3.63, 3.8) is 0 Å². The van der Waals surface area contributed by atoms with Crippen LogP contribution in [0.4, 0.5) is 0 Å². The standard InChI is InChI=1S/C27H30O14/c1-9-19(32)22(35)24(37)27(38-9)41-26-23(36)20(33)16(8-28)40-25(26)18-13(31)7-15-17(21(18)34)12(30)6-14(39-15)10-2-4-11(29)5-3-10/h2-7,9,16,19-20,22-29,31-37H,8H2,1H3/t9-,16+,19-,20+,22+,23-,24+,25+,26+,27-/m0/s1. The van der Waals surface area contributed by atoms with Gasteiger partial charge >= 0.3 is 0 Å². The quantitative estimate of drug-likeness (QED) is 0.175. The molecule has 3 aromatic rings. The highest BCUT2D eigenvalue weighted by atomic mass is 16.7. The number of aliphatic hydroxyl groups excluding tert-OH is 6. The lowest BCUT2D eigenvalue weighted by Gasteiger charge is -2.46. The van der Waals surface area contributed by atoms with Crippen molar-refractivity contribution in [3.8, 4) is 28.6 Å². The molecule has 10 atom stereocenters. The molecule has 222 valence electrons. The van der Waals surface area contributed by atoms with Crippen LogP contribution >= 0.6 is 0 Å². The van der Waals surface area contributed by atoms with Gasteiger partial charge in [0, 0.05) is 17.7 Å². The molecule has 5 rings (SSSR count). The fraction of sp³-hybridized carbons (Fsp3) is 0.444. The maximum absolute atomic E-state index is 13.1. The van der Waals surface area contributed by atoms with Crippen molar-refractivity contribution in [1.82, 2.24) is 0 Å². The number of aliphatic hydroxyl groups is 6. The Morgan fingerprint density at radius 3 is 2.20 bits per heavy atom. The smallest absolute Gasteiger partial charge is 0.197 e. The Labute approximate surface area is 231 Å². The van der Waals surface area contributed by atoms with Crippen molar-refractivity contribution in [2.45, 2.75) is 68.1 Å². The molecule has 2 fully saturated rings. The number of rotatable bonds is 5. The van der Waals surface area contributed by atoms with E-state index in [1.807, 2.05) is 0 Å². The van der Waals surface area contributed by atoms with Crippen molar-refractivity contribution >= 4 is 11.0 Å². The molecule has 2 aliphatic rings. The van der Waals surface area contributed by atoms with Gasteiger partial charge in [-0.05, 0) is 31.2 Å². The maximum atomic E-state index is 13.1. The number of phenolic OH excluding ortho intramolecular Hbond substituents is 3. The van der Waals surface area contributed by atoms with E-state index in [0.29, 0.717) is 5.56 Å². The summed E-state index contributed by atoms with van der Waals surface area (Å²) < 4.78 is 22.6. The molecular weight excluding hydrogens is 548 g/mol. The molecule has 9 N–H and O–H groups in total. The lowest BCUT2D eigenvalue weighted by Crippen LogP contribution is -2.61. The maximum Gasteiger partial charge on any atom is 0.197 e. The molecule has 14 nitrogen and oxygen atoms in total. The first-order chi connectivity index (χ1) is 19.4. The predicted molar refractivity (Wildman–Crippen MR) is 137 cm³/mol. The Balaban J connectivity index is 1.59. The summed E-state index contributed by atoms with van der Waals surface area (Å²) in [5.74, 6) is -1.42. The highest BCUT2D eigenvalue weighted by molar-refractivity contribution is 5.88. The van der Waals surface area contributed by atoms with Crippen LogP contribution in [-0.4, -0.2) is 108 Å². The van der Waals surface area contributed by atoms with E-state index < -0.39 is 90.3 Å². The van der Waals surface area contributed by atoms with Crippen LogP contribution in [-0.2, 0) is 14.2 Å². The number of hydrogen-bond acceptors (Lipinski definition) is 14. The fourth-order valence-electron chi connectivity index (χ4n) is 5.11. The second-order valence-electron chi connectivity index (χ2n) is 10.1. The molecule has 0 aliphatic carbocycles. The van der Waals surface area contributed by atoms with Gasteiger partial charge in [0.1, 0.15) is 82.8 Å². The molecule has 14 heteroatoms. The molecule has 0 saturated carbocycles. The fourth-order valence-corrected chi connectivity index (χ4v) is 5.11. The van der Waals surface area contributed by atoms with E-state index in [-0.39, 0.29) is 22.5 Å². The first kappa shape index (κ1) is 29.2. The van der Waals surface area contributed by atoms with Gasteiger partial charge in [-0.15, -0.1) is 0 Å². The Hall–Kier alpha value is -3.31. The molecule has 41 heavy (non-hydrogen) atoms. The zero-order valence-corrected chi connectivity index (χ0v) is 21.5. The summed E-state index contributed by atoms with van der Waals surface area (Å²) in [4.78, 5) is 13.1. The van der Waals surface area contributed by atoms with Crippen molar-refractivity contribution in [2.24, 2.45) is 0 Å². The normalized spacial score (nSPS) is 34.1. The monoisotopic (exact) mass is 578 g/mol. The van der Waals surface area contributed by atoms with Crippen LogP contribution in [0.3, 0.4) is 0 Å². The number of aromatic hydroxyl groups is 3. The van der Waals surface area contributed by atoms with Gasteiger partial charge in [0.15, 0.2) is 11.7 Å². The van der Waals surface area contributed by atoms with Crippen LogP contribution in [0.25, 0.3) is 22.3 Å². The van der Waals surface area contributed by atoms with Crippen LogP contribution in [0.1, 0.15) is 18.6 Å². The van der Waals surface area contributed by atoms with Crippen molar-refractivity contribution in [1.29, 1.82) is 0 Å². The van der Waals surface area contributed by atoms with Crippen molar-refractivity contribution in [2.75, 3.05) is 6.61 Å². The molecule has 2 aromatic carbocycles. The third-order valence-corrected chi connectivity index (χ3v) is 7.41. The summed E-state index contributed by atoms with van der Waals surface area (Å²) in [7, 11) is 0. The average molecular weight is 579 g/mol. The minimum atomic E-state index is -1.86. The second-order valence-corrected chi connectivity index (χ2v) is 10.1. The molecule has 0 unspecified atom stereocenters. The topological polar surface area (TPSA) is 240 Å². The molecular formula is C27H30O14. The molecule has 0 bridgehead atoms. The van der Waals surface area contributed by atoms with Crippen LogP contribution in [0.15, 0.2) is 45.6 Å². The number of ether oxygens (including phenoxy) is 3. The first-order valence-corrected chi connectivity index (χ1v) is 12.7. The van der Waals surface area contributed by atoms with Gasteiger partial charge < -0.3 is 64.6 Å². The first-order valence-electron chi connectivity index (χ1n) is 12.7. The molecule has 1 aromatic heterocycles. The van der Waals surface area contributed by atoms with Gasteiger partial charge in [0.05, 0.1) is 18.3 Å². The zero-order valence-electron chi connectivity index (χ0n) is 21.5. The summed E-state index contributed by atoms with van der Waals surface area (Å²) in [6.07, 6.45) is -16.1. The van der Waals surface area contributed by atoms with Gasteiger partial charge in [0.2, 0.25) is 0 Å². The third kappa shape index (κ3) is 5.14. The van der Waals surface area contributed by atoms with Gasteiger partial charge in [-0.25, -0.2) is 0 Å². The number of benzene rings is 2. The Morgan fingerprint density at radius 2 is 1.54 bits per heavy atom. The summed E-state index contributed by atoms with van der Waals surface area (Å²) in [5.41, 5.74) is -0.985. The van der Waals surface area contributed by atoms with E-state index >= 15 is 0 Å². The molecule has 2 aliphatic heterocycles. The summed E-state index contributed by atoms with van der Waals surface area (Å²) in [6, 6.07) is 7.85. The summed E-state index contributed by atoms with van der Waals surface area (Å²) in [6.45, 7) is 0.601. The van der Waals surface area contributed by atoms with E-state index in [0.717, 1.165) is 12.1 Å². The van der Waals surface area contributed by atoms with Gasteiger partial charge in [0.25, 0.3) is 0 Å². The average Bonchev–Trinajstić information content (AvgIpc) is 2.93. The molecule has 3 heterocycles. The Bertz CT molecular complexity index is 1460. The van der Waals surface area contributed by atoms with Crippen LogP contribution < -0.4 is 5.43 Å². The Morgan fingerprint density at radius 1 is 0.854 bits per heavy atom. The second kappa shape index (κ2) is 11.2. The van der Waals surface area contributed by atoms with Crippen LogP contribution in [0, 0.1) is 0 Å². The van der Waals surface area contributed by atoms with E-state index in [1.165, 1.54) is 31.2 Å². The highest BCUT2D eigenvalue weighted by Gasteiger charge is 2.51. The SMILES string of the molecule is C[C@@H]1O[C@@H](O[C@@H]2[C@@H](O)[C@H](O)[C@@H](CO)O[C@@H]2c2c(O)cc3oc(-c4ccc(O)cc4)cc(=O)c3c2O)[C@H](O)[C@H](O)[C@H]1O. The van der Waals surface area contributed by atoms with Gasteiger partial charge in [-0.1, -0.05) is 0 Å². The van der Waals surface area contributed by atoms with Crippen LogP contribution in [0.5, 0.6) is 17.2 Å². The molecule has 2 saturated heterocycles. The lowest BCUT2D eigenvalue weighted by molar-refractivity contribution is -0.338. The minimum Gasteiger partial charge on any atom is -0.508 e. The molecule has 0 spiro atoms. The van der Waals surface area contributed by atoms with Gasteiger partial charge in [-0.3, -0.25) is 4.79 Å². The van der Waals surface area contributed by atoms with E-state index in [2.05, 4.69) is 0 Å². The van der Waals surface area contributed by atoms with E-state index in [1.54, 1.807) is 0 Å². The van der Waals surface area contributed by atoms with Crippen LogP contribution in [0.2, 0.25) is 0 Å². The van der Waals surface area contributed by atoms with Gasteiger partial charge in [-0.2, -0.15) is 0 Å². The van der Waals surface area contributed by atoms with E-state index in [9.17, 15) is 50.8 Å². The van der Waals surface area contributed by atoms with Crippen molar-refractivity contribution < 1.29 is 64.6 Å². The number of phenols is 3. The van der Waals surface area contributed by atoms with E-state index in [4.69, 9.17) is 18.6 Å². The lowest BCUT2D eigenvalue weighted by atomic mass is 9.89.